The van der Waals surface area contributed by atoms with E-state index in [-0.39, 0.29) is 18.4 Å². The van der Waals surface area contributed by atoms with Crippen LogP contribution in [0.2, 0.25) is 0 Å². The van der Waals surface area contributed by atoms with Crippen LogP contribution in [-0.4, -0.2) is 24.2 Å². The summed E-state index contributed by atoms with van der Waals surface area (Å²) < 4.78 is 0. The fraction of sp³-hybridized carbons (Fsp3) is 0.429. The lowest BCUT2D eigenvalue weighted by Gasteiger charge is -2.13. The Morgan fingerprint density at radius 2 is 2.11 bits per heavy atom. The number of amides is 1. The number of aliphatic hydroxyl groups is 1. The van der Waals surface area contributed by atoms with E-state index in [4.69, 9.17) is 10.4 Å². The summed E-state index contributed by atoms with van der Waals surface area (Å²) in [6, 6.07) is 11.5. The number of hydrogen-bond acceptors (Lipinski definition) is 3. The molecule has 1 rings (SSSR count). The van der Waals surface area contributed by atoms with Gasteiger partial charge in [0, 0.05) is 13.2 Å². The van der Waals surface area contributed by atoms with Gasteiger partial charge in [-0.2, -0.15) is 5.26 Å². The lowest BCUT2D eigenvalue weighted by atomic mass is 10.00. The van der Waals surface area contributed by atoms with Gasteiger partial charge in [0.25, 0.3) is 0 Å². The van der Waals surface area contributed by atoms with Crippen molar-refractivity contribution >= 4 is 5.91 Å². The first kappa shape index (κ1) is 14.2. The van der Waals surface area contributed by atoms with Crippen LogP contribution in [0.4, 0.5) is 0 Å². The topological polar surface area (TPSA) is 73.1 Å². The van der Waals surface area contributed by atoms with Crippen molar-refractivity contribution in [3.63, 3.8) is 0 Å². The number of benzene rings is 1. The Bertz CT molecular complexity index is 412. The summed E-state index contributed by atoms with van der Waals surface area (Å²) in [5.41, 5.74) is 0.967. The molecule has 0 saturated heterocycles. The first-order chi connectivity index (χ1) is 8.67. The molecular formula is C14H18N2O2. The summed E-state index contributed by atoms with van der Waals surface area (Å²) in [6.45, 7) is 2.25. The summed E-state index contributed by atoms with van der Waals surface area (Å²) in [5, 5.41) is 20.6. The van der Waals surface area contributed by atoms with Gasteiger partial charge in [-0.15, -0.1) is 0 Å². The van der Waals surface area contributed by atoms with Crippen molar-refractivity contribution in [2.45, 2.75) is 13.3 Å². The quantitative estimate of drug-likeness (QED) is 0.789. The molecule has 4 nitrogen and oxygen atoms in total. The highest BCUT2D eigenvalue weighted by Crippen LogP contribution is 2.08. The predicted molar refractivity (Wildman–Crippen MR) is 68.5 cm³/mol. The Kier molecular flexibility index (Phi) is 5.89. The molecule has 0 aromatic heterocycles. The van der Waals surface area contributed by atoms with Gasteiger partial charge in [-0.25, -0.2) is 0 Å². The molecule has 18 heavy (non-hydrogen) atoms. The number of rotatable bonds is 6. The van der Waals surface area contributed by atoms with Crippen LogP contribution in [0.25, 0.3) is 0 Å². The van der Waals surface area contributed by atoms with Crippen molar-refractivity contribution in [2.75, 3.05) is 13.2 Å². The summed E-state index contributed by atoms with van der Waals surface area (Å²) in [7, 11) is 0. The number of aliphatic hydroxyl groups excluding tert-OH is 1. The molecule has 0 bridgehead atoms. The zero-order chi connectivity index (χ0) is 13.4. The van der Waals surface area contributed by atoms with Gasteiger partial charge >= 0.3 is 0 Å². The maximum absolute atomic E-state index is 11.8. The van der Waals surface area contributed by atoms with Crippen LogP contribution in [0.5, 0.6) is 0 Å². The summed E-state index contributed by atoms with van der Waals surface area (Å²) in [4.78, 5) is 11.8. The fourth-order valence-corrected chi connectivity index (χ4v) is 1.51. The highest BCUT2D eigenvalue weighted by molar-refractivity contribution is 5.81. The monoisotopic (exact) mass is 246 g/mol. The third kappa shape index (κ3) is 4.56. The molecule has 0 heterocycles. The number of carbonyl (C=O) groups is 1. The normalized spacial score (nSPS) is 13.4. The molecule has 0 aliphatic rings. The second kappa shape index (κ2) is 7.46. The number of nitrogens with zero attached hydrogens (tertiary/aromatic N) is 1. The average Bonchev–Trinajstić information content (AvgIpc) is 2.42. The minimum absolute atomic E-state index is 0.00465. The van der Waals surface area contributed by atoms with Crippen LogP contribution in [0.1, 0.15) is 12.5 Å². The minimum atomic E-state index is -0.682. The standard InChI is InChI=1S/C14H18N2O2/c1-11(10-17)9-16-14(18)13(8-15)7-12-5-3-2-4-6-12/h2-6,11,13,17H,7,9-10H2,1H3,(H,16,18). The van der Waals surface area contributed by atoms with Gasteiger partial charge in [0.2, 0.25) is 5.91 Å². The number of carbonyl (C=O) groups excluding carboxylic acids is 1. The SMILES string of the molecule is CC(CO)CNC(=O)C(C#N)Cc1ccccc1. The van der Waals surface area contributed by atoms with Crippen LogP contribution in [0.15, 0.2) is 30.3 Å². The van der Waals surface area contributed by atoms with E-state index in [0.717, 1.165) is 5.56 Å². The highest BCUT2D eigenvalue weighted by atomic mass is 16.3. The Balaban J connectivity index is 2.51. The van der Waals surface area contributed by atoms with E-state index in [1.807, 2.05) is 43.3 Å². The van der Waals surface area contributed by atoms with Gasteiger partial charge in [-0.1, -0.05) is 37.3 Å². The smallest absolute Gasteiger partial charge is 0.237 e. The van der Waals surface area contributed by atoms with Crippen molar-refractivity contribution in [1.82, 2.24) is 5.32 Å². The molecule has 0 aliphatic carbocycles. The second-order valence-electron chi connectivity index (χ2n) is 4.40. The largest absolute Gasteiger partial charge is 0.396 e. The van der Waals surface area contributed by atoms with Gasteiger partial charge in [0.1, 0.15) is 5.92 Å². The van der Waals surface area contributed by atoms with Gasteiger partial charge in [-0.05, 0) is 17.9 Å². The molecule has 2 N–H and O–H groups in total. The first-order valence-electron chi connectivity index (χ1n) is 5.99. The van der Waals surface area contributed by atoms with Crippen LogP contribution in [0, 0.1) is 23.2 Å². The van der Waals surface area contributed by atoms with E-state index in [1.165, 1.54) is 0 Å². The van der Waals surface area contributed by atoms with E-state index in [0.29, 0.717) is 13.0 Å². The lowest BCUT2D eigenvalue weighted by Crippen LogP contribution is -2.35. The molecule has 0 fully saturated rings. The summed E-state index contributed by atoms with van der Waals surface area (Å²) in [6.07, 6.45) is 0.413. The van der Waals surface area contributed by atoms with Gasteiger partial charge < -0.3 is 10.4 Å². The molecule has 4 heteroatoms. The van der Waals surface area contributed by atoms with Crippen molar-refractivity contribution in [3.05, 3.63) is 35.9 Å². The molecule has 0 saturated carbocycles. The maximum Gasteiger partial charge on any atom is 0.237 e. The van der Waals surface area contributed by atoms with Gasteiger partial charge in [-0.3, -0.25) is 4.79 Å². The predicted octanol–water partition coefficient (Wildman–Crippen LogP) is 1.11. The molecule has 2 atom stereocenters. The molecule has 0 spiro atoms. The van der Waals surface area contributed by atoms with Crippen molar-refractivity contribution in [3.8, 4) is 6.07 Å². The number of nitrogens with one attached hydrogen (secondary N) is 1. The fourth-order valence-electron chi connectivity index (χ4n) is 1.51. The Hall–Kier alpha value is -1.86. The molecule has 1 amide bonds. The maximum atomic E-state index is 11.8. The molecule has 2 unspecified atom stereocenters. The van der Waals surface area contributed by atoms with E-state index in [1.54, 1.807) is 0 Å². The van der Waals surface area contributed by atoms with E-state index < -0.39 is 5.92 Å². The molecule has 1 aromatic rings. The van der Waals surface area contributed by atoms with Crippen LogP contribution in [0.3, 0.4) is 0 Å². The van der Waals surface area contributed by atoms with Crippen molar-refractivity contribution in [1.29, 1.82) is 5.26 Å². The van der Waals surface area contributed by atoms with E-state index in [9.17, 15) is 4.79 Å². The van der Waals surface area contributed by atoms with Gasteiger partial charge in [0.15, 0.2) is 0 Å². The Morgan fingerprint density at radius 3 is 2.67 bits per heavy atom. The van der Waals surface area contributed by atoms with Crippen molar-refractivity contribution < 1.29 is 9.90 Å². The van der Waals surface area contributed by atoms with Gasteiger partial charge in [0.05, 0.1) is 6.07 Å². The Morgan fingerprint density at radius 1 is 1.44 bits per heavy atom. The van der Waals surface area contributed by atoms with Crippen LogP contribution >= 0.6 is 0 Å². The van der Waals surface area contributed by atoms with Crippen LogP contribution < -0.4 is 5.32 Å². The average molecular weight is 246 g/mol. The Labute approximate surface area is 107 Å². The minimum Gasteiger partial charge on any atom is -0.396 e. The third-order valence-corrected chi connectivity index (χ3v) is 2.69. The summed E-state index contributed by atoms with van der Waals surface area (Å²) >= 11 is 0. The molecule has 1 aromatic carbocycles. The highest BCUT2D eigenvalue weighted by Gasteiger charge is 2.18. The zero-order valence-electron chi connectivity index (χ0n) is 10.5. The van der Waals surface area contributed by atoms with Crippen LogP contribution in [-0.2, 0) is 11.2 Å². The molecular weight excluding hydrogens is 228 g/mol. The number of nitriles is 1. The molecule has 96 valence electrons. The third-order valence-electron chi connectivity index (χ3n) is 2.69. The zero-order valence-corrected chi connectivity index (χ0v) is 10.5. The van der Waals surface area contributed by atoms with E-state index >= 15 is 0 Å². The summed E-state index contributed by atoms with van der Waals surface area (Å²) in [5.74, 6) is -0.954. The first-order valence-corrected chi connectivity index (χ1v) is 5.99. The second-order valence-corrected chi connectivity index (χ2v) is 4.40. The lowest BCUT2D eigenvalue weighted by molar-refractivity contribution is -0.123. The van der Waals surface area contributed by atoms with E-state index in [2.05, 4.69) is 5.32 Å². The number of hydrogen-bond donors (Lipinski definition) is 2. The van der Waals surface area contributed by atoms with Crippen molar-refractivity contribution in [2.24, 2.45) is 11.8 Å². The molecule has 0 radical (unpaired) electrons. The molecule has 0 aliphatic heterocycles.